The van der Waals surface area contributed by atoms with E-state index in [0.717, 1.165) is 5.39 Å². The fourth-order valence-corrected chi connectivity index (χ4v) is 1.28. The lowest BCUT2D eigenvalue weighted by molar-refractivity contribution is -0.496. The van der Waals surface area contributed by atoms with Gasteiger partial charge in [-0.25, -0.2) is 4.98 Å². The van der Waals surface area contributed by atoms with Crippen molar-refractivity contribution in [2.24, 2.45) is 0 Å². The number of pyridine rings is 1. The first-order chi connectivity index (χ1) is 6.27. The summed E-state index contributed by atoms with van der Waals surface area (Å²) in [5.74, 6) is 0. The molecule has 0 saturated carbocycles. The maximum absolute atomic E-state index is 10.3. The molecular weight excluding hydrogens is 170 g/mol. The molecule has 0 aliphatic heterocycles. The molecule has 0 radical (unpaired) electrons. The van der Waals surface area contributed by atoms with E-state index in [2.05, 4.69) is 9.97 Å². The minimum absolute atomic E-state index is 0.161. The number of aromatic nitrogens is 2. The topological polar surface area (TPSA) is 71.8 Å². The largest absolute Gasteiger partial charge is 0.346 e. The van der Waals surface area contributed by atoms with Gasteiger partial charge in [0.05, 0.1) is 0 Å². The fourth-order valence-electron chi connectivity index (χ4n) is 1.28. The third-order valence-corrected chi connectivity index (χ3v) is 1.84. The molecule has 5 heteroatoms. The normalized spacial score (nSPS) is 10.5. The highest BCUT2D eigenvalue weighted by molar-refractivity contribution is 5.79. The van der Waals surface area contributed by atoms with Crippen LogP contribution in [-0.2, 0) is 6.54 Å². The highest BCUT2D eigenvalue weighted by atomic mass is 16.6. The van der Waals surface area contributed by atoms with Gasteiger partial charge >= 0.3 is 0 Å². The molecule has 2 aromatic heterocycles. The molecule has 13 heavy (non-hydrogen) atoms. The first-order valence-electron chi connectivity index (χ1n) is 3.80. The summed E-state index contributed by atoms with van der Waals surface area (Å²) in [6.45, 7) is -0.161. The smallest absolute Gasteiger partial charge is 0.231 e. The molecule has 0 saturated heterocycles. The summed E-state index contributed by atoms with van der Waals surface area (Å²) in [6, 6.07) is 3.58. The summed E-state index contributed by atoms with van der Waals surface area (Å²) in [7, 11) is 0. The van der Waals surface area contributed by atoms with Crippen LogP contribution in [0.4, 0.5) is 0 Å². The molecule has 2 aromatic rings. The van der Waals surface area contributed by atoms with E-state index in [1.807, 2.05) is 6.07 Å². The van der Waals surface area contributed by atoms with E-state index in [-0.39, 0.29) is 11.5 Å². The van der Waals surface area contributed by atoms with Gasteiger partial charge in [0.1, 0.15) is 5.65 Å². The SMILES string of the molecule is O=[N+]([O-])Cc1c[nH]c2ncccc12. The second-order valence-corrected chi connectivity index (χ2v) is 2.70. The third kappa shape index (κ3) is 1.35. The average Bonchev–Trinajstić information content (AvgIpc) is 2.48. The molecule has 0 fully saturated rings. The summed E-state index contributed by atoms with van der Waals surface area (Å²) >= 11 is 0. The second kappa shape index (κ2) is 2.85. The Kier molecular flexibility index (Phi) is 1.70. The minimum Gasteiger partial charge on any atom is -0.346 e. The Hall–Kier alpha value is -1.91. The predicted molar refractivity (Wildman–Crippen MR) is 46.8 cm³/mol. The first-order valence-corrected chi connectivity index (χ1v) is 3.80. The number of nitrogens with one attached hydrogen (secondary N) is 1. The number of nitrogens with zero attached hydrogens (tertiary/aromatic N) is 2. The Balaban J connectivity index is 2.51. The molecule has 0 spiro atoms. The quantitative estimate of drug-likeness (QED) is 0.555. The fraction of sp³-hybridized carbons (Fsp3) is 0.125. The van der Waals surface area contributed by atoms with Crippen molar-refractivity contribution in [1.82, 2.24) is 9.97 Å². The van der Waals surface area contributed by atoms with Crippen LogP contribution in [-0.4, -0.2) is 14.9 Å². The van der Waals surface area contributed by atoms with Crippen LogP contribution < -0.4 is 0 Å². The highest BCUT2D eigenvalue weighted by Gasteiger charge is 2.08. The average molecular weight is 177 g/mol. The van der Waals surface area contributed by atoms with Crippen LogP contribution >= 0.6 is 0 Å². The van der Waals surface area contributed by atoms with Gasteiger partial charge in [0.2, 0.25) is 6.54 Å². The number of fused-ring (bicyclic) bond motifs is 1. The summed E-state index contributed by atoms with van der Waals surface area (Å²) in [5.41, 5.74) is 1.37. The molecule has 2 rings (SSSR count). The maximum Gasteiger partial charge on any atom is 0.231 e. The van der Waals surface area contributed by atoms with E-state index in [1.165, 1.54) is 0 Å². The van der Waals surface area contributed by atoms with Crippen molar-refractivity contribution < 1.29 is 4.92 Å². The number of aromatic amines is 1. The zero-order valence-electron chi connectivity index (χ0n) is 6.73. The van der Waals surface area contributed by atoms with Crippen LogP contribution in [0, 0.1) is 10.1 Å². The lowest BCUT2D eigenvalue weighted by Crippen LogP contribution is -1.96. The minimum atomic E-state index is -0.352. The predicted octanol–water partition coefficient (Wildman–Crippen LogP) is 1.34. The van der Waals surface area contributed by atoms with Crippen LogP contribution in [0.15, 0.2) is 24.5 Å². The summed E-state index contributed by atoms with van der Waals surface area (Å²) in [6.07, 6.45) is 3.27. The maximum atomic E-state index is 10.3. The van der Waals surface area contributed by atoms with Crippen molar-refractivity contribution in [3.05, 3.63) is 40.2 Å². The zero-order chi connectivity index (χ0) is 9.26. The van der Waals surface area contributed by atoms with E-state index in [9.17, 15) is 10.1 Å². The second-order valence-electron chi connectivity index (χ2n) is 2.70. The van der Waals surface area contributed by atoms with Crippen molar-refractivity contribution >= 4 is 11.0 Å². The number of hydrogen-bond donors (Lipinski definition) is 1. The summed E-state index contributed by atoms with van der Waals surface area (Å²) in [4.78, 5) is 16.8. The van der Waals surface area contributed by atoms with E-state index in [4.69, 9.17) is 0 Å². The first kappa shape index (κ1) is 7.72. The van der Waals surface area contributed by atoms with Crippen LogP contribution in [0.3, 0.4) is 0 Å². The number of nitro groups is 1. The molecule has 0 unspecified atom stereocenters. The van der Waals surface area contributed by atoms with Crippen LogP contribution in [0.25, 0.3) is 11.0 Å². The van der Waals surface area contributed by atoms with Gasteiger partial charge < -0.3 is 4.98 Å². The molecular formula is C8H7N3O2. The summed E-state index contributed by atoms with van der Waals surface area (Å²) in [5, 5.41) is 11.1. The Morgan fingerprint density at radius 3 is 3.23 bits per heavy atom. The van der Waals surface area contributed by atoms with Gasteiger partial charge in [0, 0.05) is 28.3 Å². The Morgan fingerprint density at radius 2 is 2.46 bits per heavy atom. The molecule has 0 atom stereocenters. The third-order valence-electron chi connectivity index (χ3n) is 1.84. The molecule has 0 bridgehead atoms. The van der Waals surface area contributed by atoms with Gasteiger partial charge in [-0.05, 0) is 12.1 Å². The van der Waals surface area contributed by atoms with Crippen LogP contribution in [0.5, 0.6) is 0 Å². The van der Waals surface area contributed by atoms with Gasteiger partial charge in [-0.15, -0.1) is 0 Å². The molecule has 0 amide bonds. The standard InChI is InChI=1S/C8H7N3O2/c12-11(13)5-6-4-10-8-7(6)2-1-3-9-8/h1-4H,5H2,(H,9,10). The number of rotatable bonds is 2. The molecule has 0 aromatic carbocycles. The van der Waals surface area contributed by atoms with E-state index in [1.54, 1.807) is 18.5 Å². The van der Waals surface area contributed by atoms with Gasteiger partial charge in [0.25, 0.3) is 0 Å². The van der Waals surface area contributed by atoms with Gasteiger partial charge in [0.15, 0.2) is 0 Å². The molecule has 2 heterocycles. The molecule has 1 N–H and O–H groups in total. The Labute approximate surface area is 73.6 Å². The number of H-pyrrole nitrogens is 1. The van der Waals surface area contributed by atoms with Gasteiger partial charge in [-0.2, -0.15) is 0 Å². The lowest BCUT2D eigenvalue weighted by atomic mass is 10.2. The van der Waals surface area contributed by atoms with Crippen molar-refractivity contribution in [3.63, 3.8) is 0 Å². The zero-order valence-corrected chi connectivity index (χ0v) is 6.73. The van der Waals surface area contributed by atoms with Gasteiger partial charge in [-0.1, -0.05) is 0 Å². The molecule has 66 valence electrons. The molecule has 0 aliphatic rings. The lowest BCUT2D eigenvalue weighted by Gasteiger charge is -1.90. The monoisotopic (exact) mass is 177 g/mol. The van der Waals surface area contributed by atoms with Gasteiger partial charge in [-0.3, -0.25) is 10.1 Å². The molecule has 5 nitrogen and oxygen atoms in total. The van der Waals surface area contributed by atoms with Crippen molar-refractivity contribution in [2.75, 3.05) is 0 Å². The van der Waals surface area contributed by atoms with Crippen LogP contribution in [0.1, 0.15) is 5.56 Å². The van der Waals surface area contributed by atoms with Crippen molar-refractivity contribution in [3.8, 4) is 0 Å². The van der Waals surface area contributed by atoms with Crippen molar-refractivity contribution in [1.29, 1.82) is 0 Å². The van der Waals surface area contributed by atoms with Crippen LogP contribution in [0.2, 0.25) is 0 Å². The summed E-state index contributed by atoms with van der Waals surface area (Å²) < 4.78 is 0. The van der Waals surface area contributed by atoms with E-state index >= 15 is 0 Å². The molecule has 0 aliphatic carbocycles. The Morgan fingerprint density at radius 1 is 1.62 bits per heavy atom. The van der Waals surface area contributed by atoms with Crippen molar-refractivity contribution in [2.45, 2.75) is 6.54 Å². The Bertz CT molecular complexity index is 449. The van der Waals surface area contributed by atoms with E-state index < -0.39 is 0 Å². The number of hydrogen-bond acceptors (Lipinski definition) is 3. The van der Waals surface area contributed by atoms with E-state index in [0.29, 0.717) is 11.2 Å². The highest BCUT2D eigenvalue weighted by Crippen LogP contribution is 2.15.